The summed E-state index contributed by atoms with van der Waals surface area (Å²) in [5.41, 5.74) is 0. The van der Waals surface area contributed by atoms with E-state index in [1.807, 2.05) is 0 Å². The van der Waals surface area contributed by atoms with Crippen LogP contribution in [-0.4, -0.2) is 0 Å². The first-order valence-corrected chi connectivity index (χ1v) is 23.3. The van der Waals surface area contributed by atoms with Gasteiger partial charge in [0, 0.05) is 0 Å². The van der Waals surface area contributed by atoms with E-state index < -0.39 is 10.6 Å². The monoisotopic (exact) mass is 734 g/mol. The Labute approximate surface area is 277 Å². The second-order valence-electron chi connectivity index (χ2n) is 10.8. The van der Waals surface area contributed by atoms with Gasteiger partial charge < -0.3 is 0 Å². The van der Waals surface area contributed by atoms with Crippen molar-refractivity contribution in [2.45, 2.75) is 0 Å². The molecule has 4 heteroatoms. The number of halogens is 2. The third kappa shape index (κ3) is 5.09. The van der Waals surface area contributed by atoms with E-state index in [4.69, 9.17) is 0 Å². The zero-order valence-corrected chi connectivity index (χ0v) is 29.2. The Hall–Kier alpha value is -3.38. The molecule has 0 unspecified atom stereocenters. The standard InChI is InChI=1S/C40H34Br2P2/c41-43(35-21-7-1-8-22-35,36-23-9-2-10-24-36,37-25-11-3-12-26-37)33-19-20-34-44(42,38-27-13-4-14-28-38,39-29-15-5-16-30-39)40-31-17-6-18-32-40/h1-34H/b33-19+,34-20+. The Morgan fingerprint density at radius 3 is 0.591 bits per heavy atom. The minimum atomic E-state index is -3.23. The van der Waals surface area contributed by atoms with Gasteiger partial charge in [-0.05, 0) is 0 Å². The Bertz CT molecular complexity index is 1530. The van der Waals surface area contributed by atoms with E-state index in [2.05, 4.69) is 237 Å². The first-order valence-electron chi connectivity index (χ1n) is 14.7. The van der Waals surface area contributed by atoms with Gasteiger partial charge in [0.05, 0.1) is 0 Å². The van der Waals surface area contributed by atoms with Gasteiger partial charge >= 0.3 is 279 Å². The van der Waals surface area contributed by atoms with Crippen LogP contribution in [0.2, 0.25) is 0 Å². The summed E-state index contributed by atoms with van der Waals surface area (Å²) in [6.45, 7) is 0. The van der Waals surface area contributed by atoms with Crippen LogP contribution in [0.1, 0.15) is 0 Å². The molecule has 0 bridgehead atoms. The first-order chi connectivity index (χ1) is 21.5. The SMILES string of the molecule is BrP(/C=C/C=C/P(Br)(c1ccccc1)(c1ccccc1)c1ccccc1)(c1ccccc1)(c1ccccc1)c1ccccc1. The molecule has 44 heavy (non-hydrogen) atoms. The van der Waals surface area contributed by atoms with E-state index in [-0.39, 0.29) is 0 Å². The first kappa shape index (κ1) is 30.6. The zero-order valence-electron chi connectivity index (χ0n) is 24.3. The molecule has 0 aromatic heterocycles. The molecule has 0 saturated heterocycles. The Kier molecular flexibility index (Phi) is 8.74. The van der Waals surface area contributed by atoms with E-state index in [0.29, 0.717) is 0 Å². The Morgan fingerprint density at radius 1 is 0.273 bits per heavy atom. The number of hydrogen-bond acceptors (Lipinski definition) is 0. The van der Waals surface area contributed by atoms with Crippen LogP contribution in [0.4, 0.5) is 0 Å². The molecule has 0 radical (unpaired) electrons. The van der Waals surface area contributed by atoms with Gasteiger partial charge in [0.25, 0.3) is 0 Å². The van der Waals surface area contributed by atoms with Crippen LogP contribution >= 0.6 is 41.6 Å². The van der Waals surface area contributed by atoms with Gasteiger partial charge in [-0.2, -0.15) is 0 Å². The molecule has 0 spiro atoms. The van der Waals surface area contributed by atoms with E-state index in [0.717, 1.165) is 0 Å². The van der Waals surface area contributed by atoms with Gasteiger partial charge in [-0.3, -0.25) is 0 Å². The molecule has 0 heterocycles. The van der Waals surface area contributed by atoms with Crippen LogP contribution in [0, 0.1) is 0 Å². The minimum absolute atomic E-state index is 1.26. The third-order valence-corrected chi connectivity index (χ3v) is 26.5. The zero-order chi connectivity index (χ0) is 30.4. The average molecular weight is 736 g/mol. The van der Waals surface area contributed by atoms with Gasteiger partial charge in [-0.25, -0.2) is 0 Å². The number of benzene rings is 6. The topological polar surface area (TPSA) is 0 Å². The molecule has 0 atom stereocenters. The molecule has 0 aliphatic heterocycles. The van der Waals surface area contributed by atoms with Crippen molar-refractivity contribution < 1.29 is 0 Å². The maximum atomic E-state index is 4.56. The number of hydrogen-bond donors (Lipinski definition) is 0. The third-order valence-electron chi connectivity index (χ3n) is 8.41. The molecule has 6 rings (SSSR count). The fourth-order valence-electron chi connectivity index (χ4n) is 6.15. The summed E-state index contributed by atoms with van der Waals surface area (Å²) in [4.78, 5) is 0. The van der Waals surface area contributed by atoms with Crippen molar-refractivity contribution in [3.05, 3.63) is 206 Å². The molecule has 0 N–H and O–H groups in total. The van der Waals surface area contributed by atoms with Gasteiger partial charge in [0.2, 0.25) is 0 Å². The van der Waals surface area contributed by atoms with Gasteiger partial charge in [0.1, 0.15) is 0 Å². The molecule has 218 valence electrons. The van der Waals surface area contributed by atoms with Crippen molar-refractivity contribution in [2.24, 2.45) is 0 Å². The molecular formula is C40H34Br2P2. The molecular weight excluding hydrogens is 702 g/mol. The summed E-state index contributed by atoms with van der Waals surface area (Å²) in [5, 5.41) is 1.08. The van der Waals surface area contributed by atoms with E-state index >= 15 is 0 Å². The molecule has 0 saturated carbocycles. The summed E-state index contributed by atoms with van der Waals surface area (Å²) in [7, 11) is 0. The molecule has 6 aromatic carbocycles. The fraction of sp³-hybridized carbons (Fsp3) is 0. The molecule has 6 aromatic rings. The van der Waals surface area contributed by atoms with Gasteiger partial charge in [-0.1, -0.05) is 0 Å². The van der Waals surface area contributed by atoms with Crippen molar-refractivity contribution in [3.63, 3.8) is 0 Å². The second-order valence-corrected chi connectivity index (χ2v) is 27.7. The van der Waals surface area contributed by atoms with Gasteiger partial charge in [-0.15, -0.1) is 0 Å². The van der Waals surface area contributed by atoms with Crippen LogP contribution in [-0.2, 0) is 0 Å². The molecule has 0 nitrogen and oxygen atoms in total. The summed E-state index contributed by atoms with van der Waals surface area (Å²) in [6.07, 6.45) is 4.52. The summed E-state index contributed by atoms with van der Waals surface area (Å²) < 4.78 is 0. The van der Waals surface area contributed by atoms with Crippen molar-refractivity contribution in [3.8, 4) is 0 Å². The quantitative estimate of drug-likeness (QED) is 0.103. The summed E-state index contributed by atoms with van der Waals surface area (Å²) in [6, 6.07) is 65.2. The Morgan fingerprint density at radius 2 is 0.432 bits per heavy atom. The van der Waals surface area contributed by atoms with E-state index in [1.165, 1.54) is 31.8 Å². The van der Waals surface area contributed by atoms with Gasteiger partial charge in [0.15, 0.2) is 0 Å². The van der Waals surface area contributed by atoms with Crippen LogP contribution < -0.4 is 31.8 Å². The van der Waals surface area contributed by atoms with E-state index in [9.17, 15) is 0 Å². The predicted molar refractivity (Wildman–Crippen MR) is 206 cm³/mol. The number of rotatable bonds is 9. The maximum absolute atomic E-state index is 4.56. The number of allylic oxidation sites excluding steroid dienone is 2. The summed E-state index contributed by atoms with van der Waals surface area (Å²) >= 11 is 9.11. The second kappa shape index (κ2) is 12.5. The van der Waals surface area contributed by atoms with Crippen molar-refractivity contribution in [1.82, 2.24) is 0 Å². The molecule has 0 aliphatic carbocycles. The fourth-order valence-corrected chi connectivity index (χ4v) is 19.4. The molecule has 0 amide bonds. The van der Waals surface area contributed by atoms with Crippen LogP contribution in [0.25, 0.3) is 0 Å². The van der Waals surface area contributed by atoms with Crippen molar-refractivity contribution >= 4 is 73.4 Å². The van der Waals surface area contributed by atoms with Crippen LogP contribution in [0.3, 0.4) is 0 Å². The molecule has 0 fully saturated rings. The average Bonchev–Trinajstić information content (AvgIpc) is 3.12. The summed E-state index contributed by atoms with van der Waals surface area (Å²) in [5.74, 6) is 4.86. The van der Waals surface area contributed by atoms with Crippen LogP contribution in [0.15, 0.2) is 206 Å². The normalized spacial score (nSPS) is 14.0. The predicted octanol–water partition coefficient (Wildman–Crippen LogP) is 9.69. The van der Waals surface area contributed by atoms with Crippen molar-refractivity contribution in [2.75, 3.05) is 0 Å². The molecule has 0 aliphatic rings. The van der Waals surface area contributed by atoms with Crippen molar-refractivity contribution in [1.29, 1.82) is 0 Å². The Balaban J connectivity index is 1.63. The van der Waals surface area contributed by atoms with Crippen LogP contribution in [0.5, 0.6) is 0 Å². The van der Waals surface area contributed by atoms with E-state index in [1.54, 1.807) is 0 Å².